The predicted molar refractivity (Wildman–Crippen MR) is 42.3 cm³/mol. The second-order valence-corrected chi connectivity index (χ2v) is 2.72. The molecule has 2 nitrogen and oxygen atoms in total. The van der Waals surface area contributed by atoms with Crippen LogP contribution in [0, 0.1) is 6.92 Å². The van der Waals surface area contributed by atoms with E-state index in [2.05, 4.69) is 12.0 Å². The largest absolute Gasteiger partial charge is 0.254 e. The highest BCUT2D eigenvalue weighted by Gasteiger charge is 1.99. The average Bonchev–Trinajstić information content (AvgIpc) is 2.13. The first-order chi connectivity index (χ1) is 4.74. The number of rotatable bonds is 2. The summed E-state index contributed by atoms with van der Waals surface area (Å²) in [6.45, 7) is 4.96. The zero-order chi connectivity index (χ0) is 7.56. The van der Waals surface area contributed by atoms with Crippen LogP contribution in [0.4, 0.5) is 0 Å². The van der Waals surface area contributed by atoms with Crippen LogP contribution in [0.3, 0.4) is 0 Å². The maximum Gasteiger partial charge on any atom is 0.127 e. The van der Waals surface area contributed by atoms with Gasteiger partial charge in [-0.2, -0.15) is 5.10 Å². The molecule has 0 N–H and O–H groups in total. The van der Waals surface area contributed by atoms with E-state index in [0.29, 0.717) is 0 Å². The van der Waals surface area contributed by atoms with Crippen LogP contribution in [0.2, 0.25) is 5.15 Å². The second kappa shape index (κ2) is 3.06. The first kappa shape index (κ1) is 7.61. The van der Waals surface area contributed by atoms with E-state index >= 15 is 0 Å². The number of nitrogens with zero attached hydrogens (tertiary/aromatic N) is 2. The van der Waals surface area contributed by atoms with Gasteiger partial charge in [0.15, 0.2) is 0 Å². The summed E-state index contributed by atoms with van der Waals surface area (Å²) in [6, 6.07) is 1.87. The van der Waals surface area contributed by atoms with Crippen molar-refractivity contribution in [3.63, 3.8) is 0 Å². The Hall–Kier alpha value is -0.500. The standard InChI is InChI=1S/C7H11ClN2/c1-3-4-10-7(8)5-6(2)9-10/h5H,3-4H2,1-2H3. The molecule has 0 aromatic carbocycles. The Morgan fingerprint density at radius 3 is 2.80 bits per heavy atom. The lowest BCUT2D eigenvalue weighted by atomic mass is 10.5. The third kappa shape index (κ3) is 1.51. The van der Waals surface area contributed by atoms with Gasteiger partial charge in [-0.1, -0.05) is 18.5 Å². The minimum atomic E-state index is 0.736. The molecule has 1 rings (SSSR count). The van der Waals surface area contributed by atoms with Gasteiger partial charge in [0.2, 0.25) is 0 Å². The van der Waals surface area contributed by atoms with Crippen molar-refractivity contribution in [3.05, 3.63) is 16.9 Å². The van der Waals surface area contributed by atoms with E-state index < -0.39 is 0 Å². The van der Waals surface area contributed by atoms with Crippen molar-refractivity contribution in [1.82, 2.24) is 9.78 Å². The van der Waals surface area contributed by atoms with Crippen LogP contribution in [0.1, 0.15) is 19.0 Å². The van der Waals surface area contributed by atoms with Crippen molar-refractivity contribution < 1.29 is 0 Å². The molecule has 0 atom stereocenters. The summed E-state index contributed by atoms with van der Waals surface area (Å²) < 4.78 is 1.82. The van der Waals surface area contributed by atoms with Crippen LogP contribution < -0.4 is 0 Å². The number of aryl methyl sites for hydroxylation is 2. The molecule has 1 aromatic rings. The molecular formula is C7H11ClN2. The highest BCUT2D eigenvalue weighted by Crippen LogP contribution is 2.09. The molecule has 0 saturated heterocycles. The van der Waals surface area contributed by atoms with Gasteiger partial charge in [0.05, 0.1) is 5.69 Å². The Kier molecular flexibility index (Phi) is 2.33. The topological polar surface area (TPSA) is 17.8 Å². The van der Waals surface area contributed by atoms with E-state index in [9.17, 15) is 0 Å². The van der Waals surface area contributed by atoms with Crippen molar-refractivity contribution in [1.29, 1.82) is 0 Å². The lowest BCUT2D eigenvalue weighted by Gasteiger charge is -1.97. The van der Waals surface area contributed by atoms with E-state index in [1.807, 2.05) is 17.7 Å². The normalized spacial score (nSPS) is 10.3. The second-order valence-electron chi connectivity index (χ2n) is 2.33. The van der Waals surface area contributed by atoms with Gasteiger partial charge in [-0.05, 0) is 19.4 Å². The minimum absolute atomic E-state index is 0.736. The lowest BCUT2D eigenvalue weighted by Crippen LogP contribution is -1.98. The maximum atomic E-state index is 5.82. The number of halogens is 1. The van der Waals surface area contributed by atoms with E-state index in [4.69, 9.17) is 11.6 Å². The first-order valence-corrected chi connectivity index (χ1v) is 3.81. The average molecular weight is 159 g/mol. The number of hydrogen-bond acceptors (Lipinski definition) is 1. The summed E-state index contributed by atoms with van der Waals surface area (Å²) in [7, 11) is 0. The monoisotopic (exact) mass is 158 g/mol. The van der Waals surface area contributed by atoms with Crippen molar-refractivity contribution in [3.8, 4) is 0 Å². The Morgan fingerprint density at radius 2 is 2.40 bits per heavy atom. The van der Waals surface area contributed by atoms with Crippen LogP contribution in [0.5, 0.6) is 0 Å². The van der Waals surface area contributed by atoms with Crippen molar-refractivity contribution in [2.24, 2.45) is 0 Å². The van der Waals surface area contributed by atoms with Crippen LogP contribution in [0.15, 0.2) is 6.07 Å². The van der Waals surface area contributed by atoms with Crippen molar-refractivity contribution >= 4 is 11.6 Å². The molecule has 0 aliphatic rings. The van der Waals surface area contributed by atoms with Crippen LogP contribution >= 0.6 is 11.6 Å². The fraction of sp³-hybridized carbons (Fsp3) is 0.571. The lowest BCUT2D eigenvalue weighted by molar-refractivity contribution is 0.599. The molecule has 1 aromatic heterocycles. The molecular weight excluding hydrogens is 148 g/mol. The quantitative estimate of drug-likeness (QED) is 0.646. The van der Waals surface area contributed by atoms with Gasteiger partial charge in [0, 0.05) is 6.54 Å². The van der Waals surface area contributed by atoms with E-state index in [-0.39, 0.29) is 0 Å². The number of hydrogen-bond donors (Lipinski definition) is 0. The third-order valence-corrected chi connectivity index (χ3v) is 1.59. The third-order valence-electron chi connectivity index (χ3n) is 1.29. The summed E-state index contributed by atoms with van der Waals surface area (Å²) >= 11 is 5.82. The zero-order valence-corrected chi connectivity index (χ0v) is 7.02. The molecule has 0 fully saturated rings. The summed E-state index contributed by atoms with van der Waals surface area (Å²) in [5.74, 6) is 0. The fourth-order valence-corrected chi connectivity index (χ4v) is 1.16. The van der Waals surface area contributed by atoms with Crippen LogP contribution in [-0.4, -0.2) is 9.78 Å². The molecule has 10 heavy (non-hydrogen) atoms. The van der Waals surface area contributed by atoms with E-state index in [1.54, 1.807) is 0 Å². The van der Waals surface area contributed by atoms with Crippen molar-refractivity contribution in [2.75, 3.05) is 0 Å². The molecule has 0 unspecified atom stereocenters. The van der Waals surface area contributed by atoms with Crippen LogP contribution in [-0.2, 0) is 6.54 Å². The van der Waals surface area contributed by atoms with Crippen molar-refractivity contribution in [2.45, 2.75) is 26.8 Å². The molecule has 1 heterocycles. The van der Waals surface area contributed by atoms with Gasteiger partial charge in [-0.15, -0.1) is 0 Å². The van der Waals surface area contributed by atoms with E-state index in [0.717, 1.165) is 23.8 Å². The van der Waals surface area contributed by atoms with Gasteiger partial charge in [0.25, 0.3) is 0 Å². The van der Waals surface area contributed by atoms with Gasteiger partial charge in [-0.25, -0.2) is 0 Å². The van der Waals surface area contributed by atoms with Gasteiger partial charge < -0.3 is 0 Å². The van der Waals surface area contributed by atoms with Gasteiger partial charge >= 0.3 is 0 Å². The first-order valence-electron chi connectivity index (χ1n) is 3.44. The predicted octanol–water partition coefficient (Wildman–Crippen LogP) is 2.25. The molecule has 0 spiro atoms. The van der Waals surface area contributed by atoms with Crippen LogP contribution in [0.25, 0.3) is 0 Å². The van der Waals surface area contributed by atoms with E-state index in [1.165, 1.54) is 0 Å². The molecule has 0 radical (unpaired) electrons. The fourth-order valence-electron chi connectivity index (χ4n) is 0.883. The summed E-state index contributed by atoms with van der Waals surface area (Å²) in [5, 5.41) is 4.92. The molecule has 0 amide bonds. The Balaban J connectivity index is 2.81. The Bertz CT molecular complexity index is 217. The molecule has 0 aliphatic carbocycles. The minimum Gasteiger partial charge on any atom is -0.254 e. The smallest absolute Gasteiger partial charge is 0.127 e. The SMILES string of the molecule is CCCn1nc(C)cc1Cl. The highest BCUT2D eigenvalue weighted by atomic mass is 35.5. The number of aromatic nitrogens is 2. The summed E-state index contributed by atoms with van der Waals surface area (Å²) in [4.78, 5) is 0. The maximum absolute atomic E-state index is 5.82. The molecule has 0 bridgehead atoms. The zero-order valence-electron chi connectivity index (χ0n) is 6.26. The molecule has 0 aliphatic heterocycles. The summed E-state index contributed by atoms with van der Waals surface area (Å²) in [5.41, 5.74) is 0.985. The highest BCUT2D eigenvalue weighted by molar-refractivity contribution is 6.29. The Morgan fingerprint density at radius 1 is 1.70 bits per heavy atom. The summed E-state index contributed by atoms with van der Waals surface area (Å²) in [6.07, 6.45) is 1.07. The molecule has 3 heteroatoms. The van der Waals surface area contributed by atoms with Gasteiger partial charge in [-0.3, -0.25) is 4.68 Å². The molecule has 0 saturated carbocycles. The van der Waals surface area contributed by atoms with Gasteiger partial charge in [0.1, 0.15) is 5.15 Å². The Labute approximate surface area is 65.8 Å². The molecule has 56 valence electrons.